The third kappa shape index (κ3) is 1.84. The number of hydrogen-bond donors (Lipinski definition) is 1. The van der Waals surface area contributed by atoms with Gasteiger partial charge in [0, 0.05) is 17.2 Å². The third-order valence-corrected chi connectivity index (χ3v) is 3.63. The number of benzene rings is 2. The summed E-state index contributed by atoms with van der Waals surface area (Å²) in [6.07, 6.45) is 1.13. The smallest absolute Gasteiger partial charge is 0.123 e. The monoisotopic (exact) mass is 239 g/mol. The topological polar surface area (TPSA) is 35.2 Å². The van der Waals surface area contributed by atoms with E-state index in [4.69, 9.17) is 10.5 Å². The first-order valence-electron chi connectivity index (χ1n) is 6.40. The predicted octanol–water partition coefficient (Wildman–Crippen LogP) is 3.82. The lowest BCUT2D eigenvalue weighted by atomic mass is 9.96. The normalized spacial score (nSPS) is 17.3. The van der Waals surface area contributed by atoms with Crippen molar-refractivity contribution >= 4 is 5.69 Å². The van der Waals surface area contributed by atoms with Crippen molar-refractivity contribution in [3.63, 3.8) is 0 Å². The van der Waals surface area contributed by atoms with Crippen molar-refractivity contribution in [2.45, 2.75) is 19.3 Å². The van der Waals surface area contributed by atoms with Gasteiger partial charge in [0.2, 0.25) is 0 Å². The minimum atomic E-state index is 0.556. The van der Waals surface area contributed by atoms with E-state index in [-0.39, 0.29) is 0 Å². The zero-order chi connectivity index (χ0) is 12.5. The van der Waals surface area contributed by atoms with Gasteiger partial charge in [-0.2, -0.15) is 0 Å². The molecule has 0 fully saturated rings. The maximum Gasteiger partial charge on any atom is 0.123 e. The molecule has 2 aromatic carbocycles. The van der Waals surface area contributed by atoms with Crippen molar-refractivity contribution in [3.8, 4) is 16.9 Å². The van der Waals surface area contributed by atoms with Gasteiger partial charge in [0.25, 0.3) is 0 Å². The maximum atomic E-state index is 5.76. The first kappa shape index (κ1) is 11.1. The molecule has 2 N–H and O–H groups in total. The lowest BCUT2D eigenvalue weighted by Crippen LogP contribution is -1.97. The average molecular weight is 239 g/mol. The van der Waals surface area contributed by atoms with Crippen LogP contribution in [0.4, 0.5) is 5.69 Å². The van der Waals surface area contributed by atoms with E-state index in [1.807, 2.05) is 24.3 Å². The Balaban J connectivity index is 1.98. The SMILES string of the molecule is CCC1COc2cc(-c3ccc(N)cc3)ccc21. The number of rotatable bonds is 2. The Labute approximate surface area is 107 Å². The summed E-state index contributed by atoms with van der Waals surface area (Å²) >= 11 is 0. The summed E-state index contributed by atoms with van der Waals surface area (Å²) in [4.78, 5) is 0. The molecule has 1 atom stereocenters. The van der Waals surface area contributed by atoms with Crippen LogP contribution in [0.2, 0.25) is 0 Å². The second-order valence-corrected chi connectivity index (χ2v) is 4.79. The molecule has 1 aliphatic rings. The van der Waals surface area contributed by atoms with Crippen molar-refractivity contribution in [1.29, 1.82) is 0 Å². The molecule has 18 heavy (non-hydrogen) atoms. The van der Waals surface area contributed by atoms with Gasteiger partial charge in [-0.15, -0.1) is 0 Å². The molecule has 0 aromatic heterocycles. The number of ether oxygens (including phenoxy) is 1. The number of hydrogen-bond acceptors (Lipinski definition) is 2. The van der Waals surface area contributed by atoms with Crippen LogP contribution in [0, 0.1) is 0 Å². The van der Waals surface area contributed by atoms with E-state index in [2.05, 4.69) is 25.1 Å². The molecule has 3 rings (SSSR count). The molecule has 0 radical (unpaired) electrons. The highest BCUT2D eigenvalue weighted by Gasteiger charge is 2.22. The molecule has 2 nitrogen and oxygen atoms in total. The van der Waals surface area contributed by atoms with Crippen LogP contribution in [-0.2, 0) is 0 Å². The van der Waals surface area contributed by atoms with Gasteiger partial charge in [-0.3, -0.25) is 0 Å². The summed E-state index contributed by atoms with van der Waals surface area (Å²) in [7, 11) is 0. The van der Waals surface area contributed by atoms with Crippen molar-refractivity contribution < 1.29 is 4.74 Å². The lowest BCUT2D eigenvalue weighted by Gasteiger charge is -2.07. The molecule has 92 valence electrons. The van der Waals surface area contributed by atoms with Gasteiger partial charge in [0.15, 0.2) is 0 Å². The van der Waals surface area contributed by atoms with Crippen LogP contribution in [0.1, 0.15) is 24.8 Å². The van der Waals surface area contributed by atoms with Gasteiger partial charge in [0.1, 0.15) is 5.75 Å². The van der Waals surface area contributed by atoms with E-state index in [1.165, 1.54) is 16.7 Å². The highest BCUT2D eigenvalue weighted by Crippen LogP contribution is 2.38. The van der Waals surface area contributed by atoms with Gasteiger partial charge in [0.05, 0.1) is 6.61 Å². The van der Waals surface area contributed by atoms with Crippen LogP contribution in [-0.4, -0.2) is 6.61 Å². The van der Waals surface area contributed by atoms with Gasteiger partial charge in [-0.05, 0) is 35.7 Å². The van der Waals surface area contributed by atoms with Gasteiger partial charge < -0.3 is 10.5 Å². The predicted molar refractivity (Wildman–Crippen MR) is 74.8 cm³/mol. The molecule has 0 aliphatic carbocycles. The van der Waals surface area contributed by atoms with Gasteiger partial charge >= 0.3 is 0 Å². The largest absolute Gasteiger partial charge is 0.493 e. The Hall–Kier alpha value is -1.96. The highest BCUT2D eigenvalue weighted by atomic mass is 16.5. The van der Waals surface area contributed by atoms with Crippen LogP contribution in [0.5, 0.6) is 5.75 Å². The number of anilines is 1. The van der Waals surface area contributed by atoms with Crippen LogP contribution in [0.25, 0.3) is 11.1 Å². The average Bonchev–Trinajstić information content (AvgIpc) is 2.81. The zero-order valence-electron chi connectivity index (χ0n) is 10.5. The summed E-state index contributed by atoms with van der Waals surface area (Å²) in [5.74, 6) is 1.59. The molecule has 1 heterocycles. The van der Waals surface area contributed by atoms with E-state index >= 15 is 0 Å². The molecular weight excluding hydrogens is 222 g/mol. The van der Waals surface area contributed by atoms with Gasteiger partial charge in [-0.1, -0.05) is 31.2 Å². The van der Waals surface area contributed by atoms with E-state index in [0.29, 0.717) is 5.92 Å². The Morgan fingerprint density at radius 2 is 1.83 bits per heavy atom. The maximum absolute atomic E-state index is 5.76. The van der Waals surface area contributed by atoms with Crippen LogP contribution in [0.3, 0.4) is 0 Å². The summed E-state index contributed by atoms with van der Waals surface area (Å²) in [5, 5.41) is 0. The second-order valence-electron chi connectivity index (χ2n) is 4.79. The Bertz CT molecular complexity index is 560. The fourth-order valence-corrected chi connectivity index (χ4v) is 2.47. The summed E-state index contributed by atoms with van der Waals surface area (Å²) in [6, 6.07) is 14.4. The van der Waals surface area contributed by atoms with Gasteiger partial charge in [-0.25, -0.2) is 0 Å². The second kappa shape index (κ2) is 4.37. The molecule has 0 saturated heterocycles. The number of fused-ring (bicyclic) bond motifs is 1. The molecule has 1 aliphatic heterocycles. The van der Waals surface area contributed by atoms with Crippen LogP contribution < -0.4 is 10.5 Å². The zero-order valence-corrected chi connectivity index (χ0v) is 10.5. The third-order valence-electron chi connectivity index (χ3n) is 3.63. The van der Waals surface area contributed by atoms with E-state index < -0.39 is 0 Å². The van der Waals surface area contributed by atoms with Crippen molar-refractivity contribution in [1.82, 2.24) is 0 Å². The Morgan fingerprint density at radius 1 is 1.11 bits per heavy atom. The summed E-state index contributed by atoms with van der Waals surface area (Å²) in [6.45, 7) is 3.02. The summed E-state index contributed by atoms with van der Waals surface area (Å²) in [5.41, 5.74) is 10.2. The molecule has 0 amide bonds. The van der Waals surface area contributed by atoms with E-state index in [9.17, 15) is 0 Å². The molecular formula is C16H17NO. The van der Waals surface area contributed by atoms with Crippen molar-refractivity contribution in [3.05, 3.63) is 48.0 Å². The molecule has 0 bridgehead atoms. The summed E-state index contributed by atoms with van der Waals surface area (Å²) < 4.78 is 5.76. The molecule has 1 unspecified atom stereocenters. The fraction of sp³-hybridized carbons (Fsp3) is 0.250. The van der Waals surface area contributed by atoms with E-state index in [0.717, 1.165) is 24.5 Å². The number of nitrogens with two attached hydrogens (primary N) is 1. The molecule has 0 saturated carbocycles. The first-order chi connectivity index (χ1) is 8.78. The minimum Gasteiger partial charge on any atom is -0.493 e. The van der Waals surface area contributed by atoms with Crippen LogP contribution >= 0.6 is 0 Å². The first-order valence-corrected chi connectivity index (χ1v) is 6.40. The molecule has 2 heteroatoms. The van der Waals surface area contributed by atoms with Crippen molar-refractivity contribution in [2.24, 2.45) is 0 Å². The Kier molecular flexibility index (Phi) is 2.71. The van der Waals surface area contributed by atoms with Crippen molar-refractivity contribution in [2.75, 3.05) is 12.3 Å². The minimum absolute atomic E-state index is 0.556. The molecule has 0 spiro atoms. The molecule has 2 aromatic rings. The van der Waals surface area contributed by atoms with E-state index in [1.54, 1.807) is 0 Å². The quantitative estimate of drug-likeness (QED) is 0.808. The Morgan fingerprint density at radius 3 is 2.56 bits per heavy atom. The lowest BCUT2D eigenvalue weighted by molar-refractivity contribution is 0.328. The number of nitrogen functional groups attached to an aromatic ring is 1. The highest BCUT2D eigenvalue weighted by molar-refractivity contribution is 5.68. The van der Waals surface area contributed by atoms with Crippen LogP contribution in [0.15, 0.2) is 42.5 Å². The standard InChI is InChI=1S/C16H17NO/c1-2-11-10-18-16-9-13(5-8-15(11)16)12-3-6-14(17)7-4-12/h3-9,11H,2,10,17H2,1H3. The fourth-order valence-electron chi connectivity index (χ4n) is 2.47.